The van der Waals surface area contributed by atoms with Crippen molar-refractivity contribution in [3.8, 4) is 0 Å². The van der Waals surface area contributed by atoms with Crippen molar-refractivity contribution >= 4 is 5.97 Å². The Balaban J connectivity index is 2.95. The zero-order valence-electron chi connectivity index (χ0n) is 8.12. The highest BCUT2D eigenvalue weighted by Gasteiger charge is 1.92. The van der Waals surface area contributed by atoms with Gasteiger partial charge in [0.05, 0.1) is 19.5 Å². The van der Waals surface area contributed by atoms with Crippen LogP contribution in [0.15, 0.2) is 12.3 Å². The lowest BCUT2D eigenvalue weighted by atomic mass is 10.7. The van der Waals surface area contributed by atoms with Gasteiger partial charge in [0, 0.05) is 6.92 Å². The quantitative estimate of drug-likeness (QED) is 0.341. The Morgan fingerprint density at radius 3 is 2.54 bits per heavy atom. The summed E-state index contributed by atoms with van der Waals surface area (Å²) in [5.41, 5.74) is 0. The summed E-state index contributed by atoms with van der Waals surface area (Å²) in [5, 5.41) is 0. The fraction of sp³-hybridized carbons (Fsp3) is 0.667. The van der Waals surface area contributed by atoms with Gasteiger partial charge in [0.2, 0.25) is 0 Å². The molecule has 0 aromatic heterocycles. The van der Waals surface area contributed by atoms with E-state index in [2.05, 4.69) is 4.74 Å². The average Bonchev–Trinajstić information content (AvgIpc) is 2.09. The highest BCUT2D eigenvalue weighted by Crippen LogP contribution is 1.82. The molecule has 0 unspecified atom stereocenters. The minimum Gasteiger partial charge on any atom is -0.499 e. The molecule has 0 atom stereocenters. The molecule has 0 radical (unpaired) electrons. The predicted octanol–water partition coefficient (Wildman–Crippen LogP) is 1.12. The lowest BCUT2D eigenvalue weighted by Crippen LogP contribution is -2.10. The van der Waals surface area contributed by atoms with Gasteiger partial charge >= 0.3 is 5.97 Å². The fourth-order valence-electron chi connectivity index (χ4n) is 0.618. The van der Waals surface area contributed by atoms with E-state index < -0.39 is 0 Å². The molecule has 4 nitrogen and oxygen atoms in total. The molecular formula is C9H16O4. The van der Waals surface area contributed by atoms with Gasteiger partial charge in [0.1, 0.15) is 13.2 Å². The van der Waals surface area contributed by atoms with Gasteiger partial charge in [-0.15, -0.1) is 0 Å². The predicted molar refractivity (Wildman–Crippen MR) is 48.2 cm³/mol. The monoisotopic (exact) mass is 188 g/mol. The Morgan fingerprint density at radius 1 is 1.23 bits per heavy atom. The molecule has 0 saturated carbocycles. The number of hydrogen-bond donors (Lipinski definition) is 0. The largest absolute Gasteiger partial charge is 0.499 e. The van der Waals surface area contributed by atoms with Crippen LogP contribution in [-0.4, -0.2) is 32.4 Å². The van der Waals surface area contributed by atoms with Gasteiger partial charge in [-0.2, -0.15) is 0 Å². The highest BCUT2D eigenvalue weighted by molar-refractivity contribution is 5.65. The van der Waals surface area contributed by atoms with Crippen LogP contribution >= 0.6 is 0 Å². The summed E-state index contributed by atoms with van der Waals surface area (Å²) < 4.78 is 14.7. The van der Waals surface area contributed by atoms with Crippen molar-refractivity contribution in [1.82, 2.24) is 0 Å². The van der Waals surface area contributed by atoms with Crippen molar-refractivity contribution in [2.45, 2.75) is 13.8 Å². The normalized spacial score (nSPS) is 10.3. The van der Waals surface area contributed by atoms with Gasteiger partial charge in [0.25, 0.3) is 0 Å². The molecular weight excluding hydrogens is 172 g/mol. The number of carbonyl (C=O) groups is 1. The van der Waals surface area contributed by atoms with E-state index in [4.69, 9.17) is 9.47 Å². The number of ether oxygens (including phenoxy) is 3. The van der Waals surface area contributed by atoms with Crippen LogP contribution in [0.25, 0.3) is 0 Å². The second kappa shape index (κ2) is 9.06. The molecule has 0 fully saturated rings. The molecule has 0 amide bonds. The zero-order valence-corrected chi connectivity index (χ0v) is 8.12. The molecule has 0 spiro atoms. The van der Waals surface area contributed by atoms with Crippen LogP contribution in [-0.2, 0) is 19.0 Å². The Bertz CT molecular complexity index is 154. The lowest BCUT2D eigenvalue weighted by Gasteiger charge is -2.03. The molecule has 0 aliphatic heterocycles. The van der Waals surface area contributed by atoms with Crippen molar-refractivity contribution in [3.05, 3.63) is 12.3 Å². The molecule has 0 heterocycles. The summed E-state index contributed by atoms with van der Waals surface area (Å²) in [5.74, 6) is -0.284. The fourth-order valence-corrected chi connectivity index (χ4v) is 0.618. The van der Waals surface area contributed by atoms with E-state index in [1.807, 2.05) is 6.92 Å². The minimum atomic E-state index is -0.284. The maximum Gasteiger partial charge on any atom is 0.302 e. The number of esters is 1. The number of carbonyl (C=O) groups excluding carboxylic acids is 1. The number of rotatable bonds is 7. The maximum absolute atomic E-state index is 10.3. The smallest absolute Gasteiger partial charge is 0.302 e. The van der Waals surface area contributed by atoms with Gasteiger partial charge in [0.15, 0.2) is 0 Å². The van der Waals surface area contributed by atoms with E-state index >= 15 is 0 Å². The SMILES string of the molecule is C/C=C/OCCOCCOC(C)=O. The lowest BCUT2D eigenvalue weighted by molar-refractivity contribution is -0.142. The molecule has 0 aliphatic rings. The van der Waals surface area contributed by atoms with Crippen LogP contribution in [0.5, 0.6) is 0 Å². The van der Waals surface area contributed by atoms with Gasteiger partial charge in [-0.1, -0.05) is 6.08 Å². The van der Waals surface area contributed by atoms with Gasteiger partial charge in [-0.3, -0.25) is 4.79 Å². The van der Waals surface area contributed by atoms with Crippen LogP contribution in [0.2, 0.25) is 0 Å². The van der Waals surface area contributed by atoms with Crippen LogP contribution in [0.3, 0.4) is 0 Å². The zero-order chi connectivity index (χ0) is 9.94. The summed E-state index contributed by atoms with van der Waals surface area (Å²) in [6.07, 6.45) is 3.41. The van der Waals surface area contributed by atoms with Crippen molar-refractivity contribution in [3.63, 3.8) is 0 Å². The molecule has 0 bridgehead atoms. The third kappa shape index (κ3) is 11.0. The first-order valence-electron chi connectivity index (χ1n) is 4.21. The average molecular weight is 188 g/mol. The second-order valence-electron chi connectivity index (χ2n) is 2.29. The van der Waals surface area contributed by atoms with Crippen LogP contribution < -0.4 is 0 Å². The van der Waals surface area contributed by atoms with Crippen molar-refractivity contribution in [2.75, 3.05) is 26.4 Å². The summed E-state index contributed by atoms with van der Waals surface area (Å²) in [7, 11) is 0. The molecule has 0 rings (SSSR count). The van der Waals surface area contributed by atoms with Crippen LogP contribution in [0.1, 0.15) is 13.8 Å². The number of hydrogen-bond acceptors (Lipinski definition) is 4. The van der Waals surface area contributed by atoms with E-state index in [1.54, 1.807) is 12.3 Å². The first-order chi connectivity index (χ1) is 6.27. The maximum atomic E-state index is 10.3. The molecule has 4 heteroatoms. The summed E-state index contributed by atoms with van der Waals surface area (Å²) >= 11 is 0. The summed E-state index contributed by atoms with van der Waals surface area (Å²) in [4.78, 5) is 10.3. The first kappa shape index (κ1) is 12.0. The topological polar surface area (TPSA) is 44.8 Å². The Hall–Kier alpha value is -1.03. The van der Waals surface area contributed by atoms with Crippen molar-refractivity contribution < 1.29 is 19.0 Å². The first-order valence-corrected chi connectivity index (χ1v) is 4.21. The molecule has 0 N–H and O–H groups in total. The van der Waals surface area contributed by atoms with Crippen LogP contribution in [0, 0.1) is 0 Å². The van der Waals surface area contributed by atoms with Crippen molar-refractivity contribution in [2.24, 2.45) is 0 Å². The van der Waals surface area contributed by atoms with E-state index in [-0.39, 0.29) is 5.97 Å². The molecule has 76 valence electrons. The van der Waals surface area contributed by atoms with E-state index in [1.165, 1.54) is 6.92 Å². The third-order valence-electron chi connectivity index (χ3n) is 1.11. The van der Waals surface area contributed by atoms with E-state index in [0.29, 0.717) is 26.4 Å². The standard InChI is InChI=1S/C9H16O4/c1-3-4-11-5-6-12-7-8-13-9(2)10/h3-4H,5-8H2,1-2H3/b4-3+. The van der Waals surface area contributed by atoms with Crippen LogP contribution in [0.4, 0.5) is 0 Å². The summed E-state index contributed by atoms with van der Waals surface area (Å²) in [6, 6.07) is 0. The molecule has 0 aromatic carbocycles. The van der Waals surface area contributed by atoms with Crippen molar-refractivity contribution in [1.29, 1.82) is 0 Å². The summed E-state index contributed by atoms with van der Waals surface area (Å²) in [6.45, 7) is 4.99. The Morgan fingerprint density at radius 2 is 1.92 bits per heavy atom. The van der Waals surface area contributed by atoms with Gasteiger partial charge < -0.3 is 14.2 Å². The minimum absolute atomic E-state index is 0.284. The molecule has 0 aromatic rings. The third-order valence-corrected chi connectivity index (χ3v) is 1.11. The van der Waals surface area contributed by atoms with Gasteiger partial charge in [-0.05, 0) is 6.92 Å². The Kier molecular flexibility index (Phi) is 8.34. The van der Waals surface area contributed by atoms with Gasteiger partial charge in [-0.25, -0.2) is 0 Å². The molecule has 13 heavy (non-hydrogen) atoms. The molecule has 0 saturated heterocycles. The number of allylic oxidation sites excluding steroid dienone is 1. The second-order valence-corrected chi connectivity index (χ2v) is 2.29. The van der Waals surface area contributed by atoms with E-state index in [0.717, 1.165) is 0 Å². The van der Waals surface area contributed by atoms with E-state index in [9.17, 15) is 4.79 Å². The Labute approximate surface area is 78.5 Å². The highest BCUT2D eigenvalue weighted by atomic mass is 16.6. The molecule has 0 aliphatic carbocycles.